The first-order valence-electron chi connectivity index (χ1n) is 10.7. The van der Waals surface area contributed by atoms with Crippen molar-refractivity contribution in [3.05, 3.63) is 41.7 Å². The average molecular weight is 394 g/mol. The minimum absolute atomic E-state index is 0.0491. The van der Waals surface area contributed by atoms with E-state index in [4.69, 9.17) is 9.47 Å². The smallest absolute Gasteiger partial charge is 0.303 e. The third kappa shape index (κ3) is 2.10. The van der Waals surface area contributed by atoms with E-state index in [1.165, 1.54) is 18.1 Å². The molecule has 4 aliphatic heterocycles. The van der Waals surface area contributed by atoms with Gasteiger partial charge >= 0.3 is 5.97 Å². The lowest BCUT2D eigenvalue weighted by atomic mass is 9.56. The van der Waals surface area contributed by atoms with Gasteiger partial charge in [0.2, 0.25) is 0 Å². The van der Waals surface area contributed by atoms with Gasteiger partial charge in [0, 0.05) is 36.5 Å². The Kier molecular flexibility index (Phi) is 3.53. The number of carbonyl (C=O) groups excluding carboxylic acids is 2. The van der Waals surface area contributed by atoms with Gasteiger partial charge in [0.1, 0.15) is 0 Å². The van der Waals surface area contributed by atoms with Gasteiger partial charge in [-0.3, -0.25) is 14.5 Å². The van der Waals surface area contributed by atoms with E-state index in [-0.39, 0.29) is 30.1 Å². The van der Waals surface area contributed by atoms with Crippen LogP contribution in [-0.2, 0) is 24.5 Å². The third-order valence-electron chi connectivity index (χ3n) is 8.13. The number of nitrogens with zero attached hydrogens (tertiary/aromatic N) is 2. The van der Waals surface area contributed by atoms with Crippen molar-refractivity contribution in [1.82, 2.24) is 4.90 Å². The zero-order valence-corrected chi connectivity index (χ0v) is 16.8. The van der Waals surface area contributed by atoms with Crippen LogP contribution in [0.1, 0.15) is 32.3 Å². The summed E-state index contributed by atoms with van der Waals surface area (Å²) in [7, 11) is 0. The number of piperidine rings is 1. The molecule has 2 bridgehead atoms. The number of hydrogen-bond donors (Lipinski definition) is 0. The minimum Gasteiger partial charge on any atom is -0.498 e. The summed E-state index contributed by atoms with van der Waals surface area (Å²) < 4.78 is 11.2. The molecule has 29 heavy (non-hydrogen) atoms. The first kappa shape index (κ1) is 17.5. The molecule has 1 aliphatic carbocycles. The lowest BCUT2D eigenvalue weighted by molar-refractivity contribution is -0.145. The number of fused-ring (bicyclic) bond motifs is 2. The SMILES string of the molecule is CC(=O)OCC(=O)N1c2ccccc2C23CCN4C[C@@H]5[C@H](C[C@H]42)C(=CO[C@@H]5C)[C@H]13. The zero-order valence-electron chi connectivity index (χ0n) is 16.8. The predicted molar refractivity (Wildman–Crippen MR) is 106 cm³/mol. The van der Waals surface area contributed by atoms with Crippen molar-refractivity contribution in [3.8, 4) is 0 Å². The number of benzene rings is 1. The summed E-state index contributed by atoms with van der Waals surface area (Å²) in [6.07, 6.45) is 4.34. The molecule has 152 valence electrons. The minimum atomic E-state index is -0.429. The van der Waals surface area contributed by atoms with Crippen molar-refractivity contribution in [2.75, 3.05) is 24.6 Å². The molecular formula is C23H26N2O4. The number of carbonyl (C=O) groups is 2. The molecule has 5 aliphatic rings. The number of rotatable bonds is 2. The van der Waals surface area contributed by atoms with Crippen LogP contribution < -0.4 is 4.90 Å². The number of ether oxygens (including phenoxy) is 2. The molecule has 6 atom stereocenters. The standard InChI is InChI=1S/C23H26N2O4/c1-13-16-10-24-8-7-23-18-5-3-4-6-19(18)25(21(27)12-29-14(2)26)22(23)17(11-28-13)15(16)9-20(23)24/h3-6,11,13,15-16,20,22H,7-10,12H2,1-2H3/t13-,15+,16+,20+,22+,23?/m1/s1. The fraction of sp³-hybridized carbons (Fsp3) is 0.565. The second-order valence-corrected chi connectivity index (χ2v) is 9.23. The van der Waals surface area contributed by atoms with Crippen molar-refractivity contribution < 1.29 is 19.1 Å². The molecule has 1 unspecified atom stereocenters. The highest BCUT2D eigenvalue weighted by Crippen LogP contribution is 2.64. The van der Waals surface area contributed by atoms with E-state index in [1.54, 1.807) is 0 Å². The summed E-state index contributed by atoms with van der Waals surface area (Å²) in [4.78, 5) is 29.3. The number of hydrogen-bond acceptors (Lipinski definition) is 5. The number of amides is 1. The van der Waals surface area contributed by atoms with E-state index in [9.17, 15) is 9.59 Å². The van der Waals surface area contributed by atoms with Crippen LogP contribution in [0.15, 0.2) is 36.1 Å². The highest BCUT2D eigenvalue weighted by molar-refractivity contribution is 6.00. The van der Waals surface area contributed by atoms with Crippen molar-refractivity contribution in [3.63, 3.8) is 0 Å². The van der Waals surface area contributed by atoms with Crippen LogP contribution in [0, 0.1) is 11.8 Å². The van der Waals surface area contributed by atoms with Crippen LogP contribution in [0.4, 0.5) is 5.69 Å². The summed E-state index contributed by atoms with van der Waals surface area (Å²) in [5.41, 5.74) is 3.41. The molecule has 6 nitrogen and oxygen atoms in total. The second-order valence-electron chi connectivity index (χ2n) is 9.23. The van der Waals surface area contributed by atoms with Gasteiger partial charge in [-0.25, -0.2) is 0 Å². The first-order chi connectivity index (χ1) is 14.0. The highest BCUT2D eigenvalue weighted by Gasteiger charge is 2.68. The largest absolute Gasteiger partial charge is 0.498 e. The fourth-order valence-electron chi connectivity index (χ4n) is 7.05. The number of esters is 1. The van der Waals surface area contributed by atoms with E-state index in [0.29, 0.717) is 17.9 Å². The number of para-hydroxylation sites is 1. The first-order valence-corrected chi connectivity index (χ1v) is 10.7. The monoisotopic (exact) mass is 394 g/mol. The van der Waals surface area contributed by atoms with Crippen molar-refractivity contribution in [2.24, 2.45) is 11.8 Å². The molecular weight excluding hydrogens is 368 g/mol. The van der Waals surface area contributed by atoms with Crippen LogP contribution in [0.3, 0.4) is 0 Å². The molecule has 1 amide bonds. The van der Waals surface area contributed by atoms with Gasteiger partial charge in [-0.1, -0.05) is 18.2 Å². The molecule has 0 N–H and O–H groups in total. The Morgan fingerprint density at radius 1 is 1.31 bits per heavy atom. The molecule has 1 aromatic carbocycles. The third-order valence-corrected chi connectivity index (χ3v) is 8.13. The molecule has 4 heterocycles. The zero-order chi connectivity index (χ0) is 19.9. The summed E-state index contributed by atoms with van der Waals surface area (Å²) in [6, 6.07) is 8.72. The van der Waals surface area contributed by atoms with Gasteiger partial charge in [0.15, 0.2) is 6.61 Å². The maximum atomic E-state index is 13.4. The highest BCUT2D eigenvalue weighted by atomic mass is 16.5. The lowest BCUT2D eigenvalue weighted by Crippen LogP contribution is -2.65. The van der Waals surface area contributed by atoms with Gasteiger partial charge in [-0.15, -0.1) is 0 Å². The van der Waals surface area contributed by atoms with E-state index in [0.717, 1.165) is 31.6 Å². The van der Waals surface area contributed by atoms with Gasteiger partial charge in [0.05, 0.1) is 18.4 Å². The van der Waals surface area contributed by atoms with Crippen molar-refractivity contribution >= 4 is 17.6 Å². The van der Waals surface area contributed by atoms with Crippen LogP contribution in [0.2, 0.25) is 0 Å². The van der Waals surface area contributed by atoms with E-state index in [2.05, 4.69) is 24.0 Å². The van der Waals surface area contributed by atoms with Crippen LogP contribution in [0.25, 0.3) is 0 Å². The Balaban J connectivity index is 1.53. The van der Waals surface area contributed by atoms with Gasteiger partial charge in [-0.05, 0) is 49.4 Å². The second kappa shape index (κ2) is 5.85. The quantitative estimate of drug-likeness (QED) is 0.720. The fourth-order valence-corrected chi connectivity index (χ4v) is 7.05. The summed E-state index contributed by atoms with van der Waals surface area (Å²) in [5, 5.41) is 0. The molecule has 2 saturated heterocycles. The Morgan fingerprint density at radius 3 is 2.97 bits per heavy atom. The molecule has 6 heteroatoms. The van der Waals surface area contributed by atoms with E-state index >= 15 is 0 Å². The predicted octanol–water partition coefficient (Wildman–Crippen LogP) is 2.23. The Labute approximate surface area is 170 Å². The van der Waals surface area contributed by atoms with Crippen LogP contribution in [0.5, 0.6) is 0 Å². The normalized spacial score (nSPS) is 38.6. The summed E-state index contributed by atoms with van der Waals surface area (Å²) >= 11 is 0. The number of anilines is 1. The molecule has 3 fully saturated rings. The van der Waals surface area contributed by atoms with Crippen molar-refractivity contribution in [1.29, 1.82) is 0 Å². The molecule has 1 aromatic rings. The molecule has 1 spiro atoms. The average Bonchev–Trinajstić information content (AvgIpc) is 3.25. The van der Waals surface area contributed by atoms with E-state index < -0.39 is 5.97 Å². The van der Waals surface area contributed by atoms with Gasteiger partial charge < -0.3 is 14.4 Å². The van der Waals surface area contributed by atoms with Gasteiger partial charge in [0.25, 0.3) is 5.91 Å². The Bertz CT molecular complexity index is 943. The Morgan fingerprint density at radius 2 is 2.14 bits per heavy atom. The molecule has 0 aromatic heterocycles. The van der Waals surface area contributed by atoms with Crippen molar-refractivity contribution in [2.45, 2.75) is 50.3 Å². The Hall–Kier alpha value is -2.34. The van der Waals surface area contributed by atoms with Crippen LogP contribution >= 0.6 is 0 Å². The lowest BCUT2D eigenvalue weighted by Gasteiger charge is -2.57. The molecule has 0 radical (unpaired) electrons. The summed E-state index contributed by atoms with van der Waals surface area (Å²) in [5.74, 6) is 0.345. The molecule has 6 rings (SSSR count). The van der Waals surface area contributed by atoms with Crippen LogP contribution in [-0.4, -0.2) is 54.7 Å². The topological polar surface area (TPSA) is 59.1 Å². The maximum Gasteiger partial charge on any atom is 0.303 e. The molecule has 1 saturated carbocycles. The summed E-state index contributed by atoms with van der Waals surface area (Å²) in [6.45, 7) is 5.43. The maximum absolute atomic E-state index is 13.4. The van der Waals surface area contributed by atoms with E-state index in [1.807, 2.05) is 23.3 Å². The van der Waals surface area contributed by atoms with Gasteiger partial charge in [-0.2, -0.15) is 0 Å².